The van der Waals surface area contributed by atoms with Crippen LogP contribution < -0.4 is 5.32 Å². The summed E-state index contributed by atoms with van der Waals surface area (Å²) in [6, 6.07) is 5.74. The van der Waals surface area contributed by atoms with Gasteiger partial charge in [-0.05, 0) is 51.8 Å². The van der Waals surface area contributed by atoms with Crippen molar-refractivity contribution in [3.05, 3.63) is 29.3 Å². The van der Waals surface area contributed by atoms with Crippen molar-refractivity contribution < 1.29 is 8.42 Å². The van der Waals surface area contributed by atoms with E-state index in [1.807, 2.05) is 32.9 Å². The van der Waals surface area contributed by atoms with Gasteiger partial charge in [0.2, 0.25) is 0 Å². The van der Waals surface area contributed by atoms with E-state index in [1.54, 1.807) is 6.07 Å². The minimum atomic E-state index is -3.17. The van der Waals surface area contributed by atoms with Crippen molar-refractivity contribution >= 4 is 9.84 Å². The molecule has 1 aromatic carbocycles. The lowest BCUT2D eigenvalue weighted by molar-refractivity contribution is 0.525. The Hall–Kier alpha value is -0.870. The molecular weight excluding hydrogens is 258 g/mol. The molecule has 0 bridgehead atoms. The topological polar surface area (TPSA) is 46.2 Å². The molecule has 0 spiro atoms. The van der Waals surface area contributed by atoms with Gasteiger partial charge in [0.1, 0.15) is 0 Å². The quantitative estimate of drug-likeness (QED) is 0.837. The number of nitrogens with one attached hydrogen (secondary N) is 1. The molecule has 1 atom stereocenters. The van der Waals surface area contributed by atoms with Gasteiger partial charge in [-0.2, -0.15) is 0 Å². The lowest BCUT2D eigenvalue weighted by Crippen LogP contribution is -2.29. The highest BCUT2D eigenvalue weighted by atomic mass is 32.2. The van der Waals surface area contributed by atoms with Crippen LogP contribution in [0.1, 0.15) is 37.8 Å². The molecule has 1 rings (SSSR count). The van der Waals surface area contributed by atoms with Crippen LogP contribution in [0.15, 0.2) is 23.1 Å². The molecule has 0 aliphatic heterocycles. The van der Waals surface area contributed by atoms with Crippen molar-refractivity contribution in [3.8, 4) is 0 Å². The van der Waals surface area contributed by atoms with Crippen LogP contribution in [0, 0.1) is 13.8 Å². The second-order valence-corrected chi connectivity index (χ2v) is 7.31. The molecule has 0 saturated carbocycles. The second kappa shape index (κ2) is 7.06. The first-order chi connectivity index (χ1) is 8.86. The smallest absolute Gasteiger partial charge is 0.178 e. The summed E-state index contributed by atoms with van der Waals surface area (Å²) in [5, 5.41) is 3.32. The van der Waals surface area contributed by atoms with Crippen LogP contribution in [0.3, 0.4) is 0 Å². The average molecular weight is 283 g/mol. The minimum absolute atomic E-state index is 0.203. The van der Waals surface area contributed by atoms with Crippen LogP contribution in [0.25, 0.3) is 0 Å². The van der Waals surface area contributed by atoms with E-state index in [-0.39, 0.29) is 11.8 Å². The number of hydrogen-bond donors (Lipinski definition) is 1. The summed E-state index contributed by atoms with van der Waals surface area (Å²) in [5.41, 5.74) is 1.93. The van der Waals surface area contributed by atoms with Crippen LogP contribution in [-0.2, 0) is 9.84 Å². The molecule has 0 aromatic heterocycles. The number of sulfone groups is 1. The Labute approximate surface area is 117 Å². The van der Waals surface area contributed by atoms with E-state index >= 15 is 0 Å². The van der Waals surface area contributed by atoms with Gasteiger partial charge in [-0.25, -0.2) is 8.42 Å². The zero-order valence-corrected chi connectivity index (χ0v) is 13.2. The number of hydrogen-bond acceptors (Lipinski definition) is 3. The fourth-order valence-electron chi connectivity index (χ4n) is 2.08. The van der Waals surface area contributed by atoms with Gasteiger partial charge in [0.25, 0.3) is 0 Å². The minimum Gasteiger partial charge on any atom is -0.314 e. The molecule has 4 heteroatoms. The van der Waals surface area contributed by atoms with E-state index in [0.29, 0.717) is 11.3 Å². The zero-order chi connectivity index (χ0) is 14.5. The van der Waals surface area contributed by atoms with Gasteiger partial charge in [-0.1, -0.05) is 24.6 Å². The zero-order valence-electron chi connectivity index (χ0n) is 12.4. The molecule has 3 nitrogen and oxygen atoms in total. The van der Waals surface area contributed by atoms with Gasteiger partial charge in [0.15, 0.2) is 9.84 Å². The average Bonchev–Trinajstić information content (AvgIpc) is 2.33. The molecule has 0 heterocycles. The van der Waals surface area contributed by atoms with Crippen molar-refractivity contribution in [1.29, 1.82) is 0 Å². The Balaban J connectivity index is 2.71. The maximum atomic E-state index is 12.3. The van der Waals surface area contributed by atoms with E-state index < -0.39 is 9.84 Å². The largest absolute Gasteiger partial charge is 0.314 e. The highest BCUT2D eigenvalue weighted by Gasteiger charge is 2.17. The van der Waals surface area contributed by atoms with Crippen molar-refractivity contribution in [2.45, 2.75) is 51.5 Å². The van der Waals surface area contributed by atoms with Crippen LogP contribution in [0.5, 0.6) is 0 Å². The molecule has 0 aliphatic rings. The van der Waals surface area contributed by atoms with Gasteiger partial charge < -0.3 is 5.32 Å². The van der Waals surface area contributed by atoms with Gasteiger partial charge in [-0.15, -0.1) is 0 Å². The first-order valence-electron chi connectivity index (χ1n) is 6.90. The number of benzene rings is 1. The van der Waals surface area contributed by atoms with Crippen molar-refractivity contribution in [1.82, 2.24) is 5.32 Å². The number of rotatable bonds is 7. The summed E-state index contributed by atoms with van der Waals surface area (Å²) in [6.07, 6.45) is 1.71. The van der Waals surface area contributed by atoms with Crippen molar-refractivity contribution in [3.63, 3.8) is 0 Å². The molecule has 1 aromatic rings. The monoisotopic (exact) mass is 283 g/mol. The van der Waals surface area contributed by atoms with Gasteiger partial charge in [0.05, 0.1) is 10.6 Å². The molecule has 1 unspecified atom stereocenters. The first-order valence-corrected chi connectivity index (χ1v) is 8.55. The van der Waals surface area contributed by atoms with E-state index in [4.69, 9.17) is 0 Å². The second-order valence-electron chi connectivity index (χ2n) is 5.23. The predicted molar refractivity (Wildman–Crippen MR) is 80.3 cm³/mol. The Kier molecular flexibility index (Phi) is 6.01. The summed E-state index contributed by atoms with van der Waals surface area (Å²) in [7, 11) is -3.17. The molecule has 1 N–H and O–H groups in total. The third-order valence-corrected chi connectivity index (χ3v) is 5.13. The Morgan fingerprint density at radius 3 is 2.53 bits per heavy atom. The molecule has 19 heavy (non-hydrogen) atoms. The van der Waals surface area contributed by atoms with Crippen LogP contribution in [-0.4, -0.2) is 26.8 Å². The molecule has 0 radical (unpaired) electrons. The van der Waals surface area contributed by atoms with E-state index in [9.17, 15) is 8.42 Å². The molecule has 108 valence electrons. The fraction of sp³-hybridized carbons (Fsp3) is 0.600. The van der Waals surface area contributed by atoms with Crippen molar-refractivity contribution in [2.75, 3.05) is 12.3 Å². The summed E-state index contributed by atoms with van der Waals surface area (Å²) in [6.45, 7) is 8.91. The summed E-state index contributed by atoms with van der Waals surface area (Å²) < 4.78 is 24.6. The standard InChI is InChI=1S/C15H25NO2S/c1-5-9-16-14(4)8-10-19(17,18)15-7-6-12(2)11-13(15)3/h6-7,11,14,16H,5,8-10H2,1-4H3. The molecule has 0 saturated heterocycles. The maximum Gasteiger partial charge on any atom is 0.178 e. The lowest BCUT2D eigenvalue weighted by atomic mass is 10.2. The molecule has 0 amide bonds. The van der Waals surface area contributed by atoms with Gasteiger partial charge >= 0.3 is 0 Å². The van der Waals surface area contributed by atoms with E-state index in [0.717, 1.165) is 24.1 Å². The fourth-order valence-corrected chi connectivity index (χ4v) is 3.79. The number of aryl methyl sites for hydroxylation is 2. The van der Waals surface area contributed by atoms with Crippen LogP contribution >= 0.6 is 0 Å². The Bertz CT molecular complexity index is 509. The highest BCUT2D eigenvalue weighted by molar-refractivity contribution is 7.91. The lowest BCUT2D eigenvalue weighted by Gasteiger charge is -2.14. The maximum absolute atomic E-state index is 12.3. The van der Waals surface area contributed by atoms with Gasteiger partial charge in [0, 0.05) is 6.04 Å². The van der Waals surface area contributed by atoms with E-state index in [2.05, 4.69) is 12.2 Å². The third kappa shape index (κ3) is 4.96. The third-order valence-electron chi connectivity index (χ3n) is 3.23. The van der Waals surface area contributed by atoms with Crippen LogP contribution in [0.2, 0.25) is 0 Å². The summed E-state index contributed by atoms with van der Waals surface area (Å²) in [4.78, 5) is 0.473. The first kappa shape index (κ1) is 16.2. The summed E-state index contributed by atoms with van der Waals surface area (Å²) >= 11 is 0. The van der Waals surface area contributed by atoms with E-state index in [1.165, 1.54) is 0 Å². The SMILES string of the molecule is CCCNC(C)CCS(=O)(=O)c1ccc(C)cc1C. The molecular formula is C15H25NO2S. The normalized spacial score (nSPS) is 13.5. The predicted octanol–water partition coefficient (Wildman–Crippen LogP) is 2.86. The highest BCUT2D eigenvalue weighted by Crippen LogP contribution is 2.18. The molecule has 0 fully saturated rings. The Morgan fingerprint density at radius 1 is 1.26 bits per heavy atom. The molecule has 0 aliphatic carbocycles. The van der Waals surface area contributed by atoms with Crippen LogP contribution in [0.4, 0.5) is 0 Å². The summed E-state index contributed by atoms with van der Waals surface area (Å²) in [5.74, 6) is 0.203. The Morgan fingerprint density at radius 2 is 1.95 bits per heavy atom. The van der Waals surface area contributed by atoms with Crippen molar-refractivity contribution in [2.24, 2.45) is 0 Å². The van der Waals surface area contributed by atoms with Gasteiger partial charge in [-0.3, -0.25) is 0 Å².